The number of aryl methyl sites for hydroxylation is 1. The monoisotopic (exact) mass is 225 g/mol. The zero-order valence-electron chi connectivity index (χ0n) is 9.45. The molecule has 0 amide bonds. The molecule has 1 aromatic rings. The molecule has 16 heavy (non-hydrogen) atoms. The van der Waals surface area contributed by atoms with Crippen molar-refractivity contribution in [3.05, 3.63) is 23.9 Å². The lowest BCUT2D eigenvalue weighted by Gasteiger charge is -2.05. The van der Waals surface area contributed by atoms with Crippen molar-refractivity contribution in [3.8, 4) is 0 Å². The third kappa shape index (κ3) is 3.82. The van der Waals surface area contributed by atoms with Gasteiger partial charge in [-0.3, -0.25) is 0 Å². The minimum absolute atomic E-state index is 0.340. The predicted molar refractivity (Wildman–Crippen MR) is 56.5 cm³/mol. The lowest BCUT2D eigenvalue weighted by atomic mass is 10.3. The molecule has 0 aliphatic rings. The average molecular weight is 225 g/mol. The molecule has 1 aromatic heterocycles. The molecule has 0 spiro atoms. The molecule has 88 valence electrons. The number of hydrogen-bond acceptors (Lipinski definition) is 6. The second-order valence-corrected chi connectivity index (χ2v) is 3.16. The lowest BCUT2D eigenvalue weighted by Crippen LogP contribution is -2.22. The van der Waals surface area contributed by atoms with E-state index in [2.05, 4.69) is 22.0 Å². The Bertz CT molecular complexity index is 373. The Hall–Kier alpha value is -1.69. The molecule has 1 rings (SSSR count). The van der Waals surface area contributed by atoms with E-state index >= 15 is 0 Å². The van der Waals surface area contributed by atoms with Crippen LogP contribution in [0.25, 0.3) is 0 Å². The Morgan fingerprint density at radius 3 is 2.94 bits per heavy atom. The van der Waals surface area contributed by atoms with Gasteiger partial charge in [0.1, 0.15) is 0 Å². The van der Waals surface area contributed by atoms with E-state index < -0.39 is 0 Å². The van der Waals surface area contributed by atoms with Crippen LogP contribution in [-0.2, 0) is 16.1 Å². The highest BCUT2D eigenvalue weighted by Crippen LogP contribution is 1.96. The summed E-state index contributed by atoms with van der Waals surface area (Å²) in [6.45, 7) is 8.19. The zero-order chi connectivity index (χ0) is 12.0. The van der Waals surface area contributed by atoms with Crippen LogP contribution in [0, 0.1) is 6.92 Å². The first-order valence-electron chi connectivity index (χ1n) is 4.98. The molecule has 0 aromatic carbocycles. The summed E-state index contributed by atoms with van der Waals surface area (Å²) < 4.78 is 9.58. The molecule has 0 aliphatic carbocycles. The summed E-state index contributed by atoms with van der Waals surface area (Å²) >= 11 is 0. The van der Waals surface area contributed by atoms with E-state index in [-0.39, 0.29) is 5.97 Å². The number of ether oxygens (including phenoxy) is 1. The van der Waals surface area contributed by atoms with Crippen molar-refractivity contribution in [2.24, 2.45) is 0 Å². The molecule has 1 N–H and O–H groups in total. The van der Waals surface area contributed by atoms with Gasteiger partial charge in [0.25, 0.3) is 0 Å². The van der Waals surface area contributed by atoms with Gasteiger partial charge in [0, 0.05) is 19.0 Å². The summed E-state index contributed by atoms with van der Waals surface area (Å²) in [7, 11) is 0. The molecule has 0 bridgehead atoms. The first-order valence-corrected chi connectivity index (χ1v) is 4.98. The van der Waals surface area contributed by atoms with Crippen molar-refractivity contribution in [2.45, 2.75) is 20.4 Å². The van der Waals surface area contributed by atoms with Gasteiger partial charge in [-0.1, -0.05) is 11.7 Å². The van der Waals surface area contributed by atoms with Crippen LogP contribution in [0.3, 0.4) is 0 Å². The Morgan fingerprint density at radius 2 is 2.38 bits per heavy atom. The number of carbonyl (C=O) groups excluding carboxylic acids is 1. The fourth-order valence-electron chi connectivity index (χ4n) is 1.04. The van der Waals surface area contributed by atoms with Crippen molar-refractivity contribution in [1.29, 1.82) is 0 Å². The normalized spacial score (nSPS) is 10.1. The first kappa shape index (κ1) is 12.4. The standard InChI is InChI=1S/C10H15N3O3/c1-4-15-10(14)7(2)5-11-6-9-12-8(3)16-13-9/h11H,2,4-6H2,1,3H3. The van der Waals surface area contributed by atoms with Crippen molar-refractivity contribution in [2.75, 3.05) is 13.2 Å². The highest BCUT2D eigenvalue weighted by molar-refractivity contribution is 5.88. The van der Waals surface area contributed by atoms with E-state index in [1.54, 1.807) is 13.8 Å². The second kappa shape index (κ2) is 6.02. The Balaban J connectivity index is 2.25. The fourth-order valence-corrected chi connectivity index (χ4v) is 1.04. The maximum atomic E-state index is 11.2. The SMILES string of the molecule is C=C(CNCc1noc(C)n1)C(=O)OCC. The summed E-state index contributed by atoms with van der Waals surface area (Å²) in [6, 6.07) is 0. The molecule has 0 unspecified atom stereocenters. The van der Waals surface area contributed by atoms with E-state index in [0.717, 1.165) is 0 Å². The predicted octanol–water partition coefficient (Wildman–Crippen LogP) is 0.587. The van der Waals surface area contributed by atoms with E-state index in [1.165, 1.54) is 0 Å². The van der Waals surface area contributed by atoms with Crippen LogP contribution < -0.4 is 5.32 Å². The number of esters is 1. The van der Waals surface area contributed by atoms with Gasteiger partial charge in [-0.25, -0.2) is 4.79 Å². The van der Waals surface area contributed by atoms with Gasteiger partial charge in [-0.2, -0.15) is 4.98 Å². The molecule has 6 nitrogen and oxygen atoms in total. The number of rotatable bonds is 6. The fraction of sp³-hybridized carbons (Fsp3) is 0.500. The first-order chi connectivity index (χ1) is 7.63. The second-order valence-electron chi connectivity index (χ2n) is 3.16. The molecule has 6 heteroatoms. The highest BCUT2D eigenvalue weighted by atomic mass is 16.5. The summed E-state index contributed by atoms with van der Waals surface area (Å²) in [5, 5.41) is 6.67. The summed E-state index contributed by atoms with van der Waals surface area (Å²) in [5.41, 5.74) is 0.377. The van der Waals surface area contributed by atoms with E-state index in [4.69, 9.17) is 9.26 Å². The number of aromatic nitrogens is 2. The third-order valence-electron chi connectivity index (χ3n) is 1.76. The molecule has 0 saturated heterocycles. The molecule has 0 atom stereocenters. The maximum Gasteiger partial charge on any atom is 0.334 e. The third-order valence-corrected chi connectivity index (χ3v) is 1.76. The van der Waals surface area contributed by atoms with Crippen LogP contribution in [0.15, 0.2) is 16.7 Å². The van der Waals surface area contributed by atoms with E-state index in [9.17, 15) is 4.79 Å². The van der Waals surface area contributed by atoms with Crippen LogP contribution in [0.1, 0.15) is 18.6 Å². The molecule has 1 heterocycles. The molecular formula is C10H15N3O3. The largest absolute Gasteiger partial charge is 0.463 e. The topological polar surface area (TPSA) is 77.3 Å². The van der Waals surface area contributed by atoms with Gasteiger partial charge in [0.2, 0.25) is 5.89 Å². The number of nitrogens with zero attached hydrogens (tertiary/aromatic N) is 2. The zero-order valence-corrected chi connectivity index (χ0v) is 9.45. The molecular weight excluding hydrogens is 210 g/mol. The highest BCUT2D eigenvalue weighted by Gasteiger charge is 2.07. The number of nitrogens with one attached hydrogen (secondary N) is 1. The number of hydrogen-bond donors (Lipinski definition) is 1. The Labute approximate surface area is 93.7 Å². The minimum Gasteiger partial charge on any atom is -0.463 e. The van der Waals surface area contributed by atoms with Gasteiger partial charge in [0.05, 0.1) is 13.2 Å². The van der Waals surface area contributed by atoms with Crippen molar-refractivity contribution in [3.63, 3.8) is 0 Å². The molecule has 0 radical (unpaired) electrons. The van der Waals surface area contributed by atoms with Gasteiger partial charge >= 0.3 is 5.97 Å². The molecule has 0 fully saturated rings. The quantitative estimate of drug-likeness (QED) is 0.564. The molecule has 0 aliphatic heterocycles. The summed E-state index contributed by atoms with van der Waals surface area (Å²) in [4.78, 5) is 15.2. The number of carbonyl (C=O) groups is 1. The summed E-state index contributed by atoms with van der Waals surface area (Å²) in [6.07, 6.45) is 0. The minimum atomic E-state index is -0.390. The summed E-state index contributed by atoms with van der Waals surface area (Å²) in [5.74, 6) is 0.675. The van der Waals surface area contributed by atoms with E-state index in [1.807, 2.05) is 0 Å². The van der Waals surface area contributed by atoms with E-state index in [0.29, 0.717) is 37.0 Å². The van der Waals surface area contributed by atoms with Crippen LogP contribution >= 0.6 is 0 Å². The Kier molecular flexibility index (Phi) is 4.65. The smallest absolute Gasteiger partial charge is 0.334 e. The average Bonchev–Trinajstić information content (AvgIpc) is 2.64. The van der Waals surface area contributed by atoms with Crippen molar-refractivity contribution in [1.82, 2.24) is 15.5 Å². The van der Waals surface area contributed by atoms with Crippen LogP contribution in [-0.4, -0.2) is 29.3 Å². The van der Waals surface area contributed by atoms with Crippen molar-refractivity contribution < 1.29 is 14.1 Å². The van der Waals surface area contributed by atoms with Gasteiger partial charge < -0.3 is 14.6 Å². The van der Waals surface area contributed by atoms with Crippen LogP contribution in [0.5, 0.6) is 0 Å². The Morgan fingerprint density at radius 1 is 1.62 bits per heavy atom. The van der Waals surface area contributed by atoms with Crippen molar-refractivity contribution >= 4 is 5.97 Å². The van der Waals surface area contributed by atoms with Gasteiger partial charge in [0.15, 0.2) is 5.82 Å². The van der Waals surface area contributed by atoms with Crippen LogP contribution in [0.4, 0.5) is 0 Å². The molecule has 0 saturated carbocycles. The maximum absolute atomic E-state index is 11.2. The lowest BCUT2D eigenvalue weighted by molar-refractivity contribution is -0.138. The van der Waals surface area contributed by atoms with Gasteiger partial charge in [-0.15, -0.1) is 0 Å². The van der Waals surface area contributed by atoms with Gasteiger partial charge in [-0.05, 0) is 6.92 Å². The van der Waals surface area contributed by atoms with Crippen LogP contribution in [0.2, 0.25) is 0 Å².